The first-order valence-electron chi connectivity index (χ1n) is 6.88. The van der Waals surface area contributed by atoms with Gasteiger partial charge in [-0.1, -0.05) is 42.5 Å². The number of rotatable bonds is 5. The Kier molecular flexibility index (Phi) is 5.20. The van der Waals surface area contributed by atoms with E-state index in [0.29, 0.717) is 5.70 Å². The number of hydrogen-bond acceptors (Lipinski definition) is 4. The number of benzene rings is 2. The molecule has 0 spiro atoms. The zero-order valence-electron chi connectivity index (χ0n) is 12.9. The third-order valence-corrected chi connectivity index (χ3v) is 3.33. The van der Waals surface area contributed by atoms with Crippen LogP contribution in [0.15, 0.2) is 66.6 Å². The van der Waals surface area contributed by atoms with E-state index in [1.165, 1.54) is 20.5 Å². The highest BCUT2D eigenvalue weighted by Crippen LogP contribution is 2.26. The van der Waals surface area contributed by atoms with Gasteiger partial charge in [-0.15, -0.1) is 0 Å². The van der Waals surface area contributed by atoms with Crippen molar-refractivity contribution >= 4 is 11.7 Å². The maximum atomic E-state index is 11.9. The van der Waals surface area contributed by atoms with E-state index in [1.54, 1.807) is 11.9 Å². The molecule has 0 bridgehead atoms. The summed E-state index contributed by atoms with van der Waals surface area (Å²) in [6.07, 6.45) is 1.38. The van der Waals surface area contributed by atoms with E-state index in [2.05, 4.69) is 0 Å². The van der Waals surface area contributed by atoms with Crippen LogP contribution in [0.5, 0.6) is 0 Å². The van der Waals surface area contributed by atoms with Crippen LogP contribution in [0.3, 0.4) is 0 Å². The molecule has 0 aliphatic rings. The predicted octanol–water partition coefficient (Wildman–Crippen LogP) is 3.45. The number of anilines is 1. The number of nitrogens with zero attached hydrogens (tertiary/aromatic N) is 1. The molecule has 2 aromatic carbocycles. The summed E-state index contributed by atoms with van der Waals surface area (Å²) in [7, 11) is 4.64. The van der Waals surface area contributed by atoms with Crippen LogP contribution in [0.2, 0.25) is 0 Å². The fourth-order valence-electron chi connectivity index (χ4n) is 2.14. The predicted molar refractivity (Wildman–Crippen MR) is 87.4 cm³/mol. The lowest BCUT2D eigenvalue weighted by Crippen LogP contribution is -2.24. The van der Waals surface area contributed by atoms with Crippen LogP contribution in [0.4, 0.5) is 5.69 Å². The van der Waals surface area contributed by atoms with Gasteiger partial charge in [-0.3, -0.25) is 0 Å². The second-order valence-corrected chi connectivity index (χ2v) is 4.71. The first-order chi connectivity index (χ1) is 10.7. The molecule has 114 valence electrons. The maximum Gasteiger partial charge on any atom is 0.357 e. The zero-order chi connectivity index (χ0) is 15.9. The van der Waals surface area contributed by atoms with Crippen molar-refractivity contribution in [3.8, 4) is 11.1 Å². The van der Waals surface area contributed by atoms with Gasteiger partial charge < -0.3 is 14.4 Å². The molecule has 0 radical (unpaired) electrons. The Balaban J connectivity index is 2.36. The lowest BCUT2D eigenvalue weighted by Gasteiger charge is -2.21. The molecule has 0 atom stereocenters. The Morgan fingerprint density at radius 1 is 1.00 bits per heavy atom. The molecule has 22 heavy (non-hydrogen) atoms. The van der Waals surface area contributed by atoms with Crippen LogP contribution in [0, 0.1) is 0 Å². The third kappa shape index (κ3) is 3.47. The number of likely N-dealkylation sites (N-methyl/N-ethyl adjacent to an activating group) is 1. The van der Waals surface area contributed by atoms with Gasteiger partial charge in [0.05, 0.1) is 14.2 Å². The number of carbonyl (C=O) groups is 1. The molecule has 0 heterocycles. The van der Waals surface area contributed by atoms with Crippen molar-refractivity contribution in [3.05, 3.63) is 66.6 Å². The normalized spacial score (nSPS) is 11.0. The molecule has 0 aromatic heterocycles. The lowest BCUT2D eigenvalue weighted by atomic mass is 10.0. The monoisotopic (exact) mass is 297 g/mol. The minimum atomic E-state index is -0.450. The van der Waals surface area contributed by atoms with E-state index in [9.17, 15) is 4.79 Å². The number of esters is 1. The van der Waals surface area contributed by atoms with Crippen molar-refractivity contribution in [2.24, 2.45) is 0 Å². The topological polar surface area (TPSA) is 38.8 Å². The second kappa shape index (κ2) is 7.31. The van der Waals surface area contributed by atoms with Crippen molar-refractivity contribution < 1.29 is 14.3 Å². The first kappa shape index (κ1) is 15.6. The first-order valence-corrected chi connectivity index (χ1v) is 6.88. The lowest BCUT2D eigenvalue weighted by molar-refractivity contribution is -0.136. The fraction of sp³-hybridized carbons (Fsp3) is 0.167. The van der Waals surface area contributed by atoms with Gasteiger partial charge in [0.15, 0.2) is 5.70 Å². The van der Waals surface area contributed by atoms with E-state index in [4.69, 9.17) is 9.47 Å². The van der Waals surface area contributed by atoms with Crippen molar-refractivity contribution in [3.63, 3.8) is 0 Å². The molecule has 4 heteroatoms. The average Bonchev–Trinajstić information content (AvgIpc) is 2.59. The Labute approximate surface area is 130 Å². The highest BCUT2D eigenvalue weighted by molar-refractivity contribution is 5.92. The molecule has 4 nitrogen and oxygen atoms in total. The molecule has 0 N–H and O–H groups in total. The second-order valence-electron chi connectivity index (χ2n) is 4.71. The van der Waals surface area contributed by atoms with Crippen LogP contribution < -0.4 is 4.90 Å². The smallest absolute Gasteiger partial charge is 0.357 e. The van der Waals surface area contributed by atoms with Gasteiger partial charge in [0.1, 0.15) is 6.26 Å². The van der Waals surface area contributed by atoms with Gasteiger partial charge in [0.2, 0.25) is 0 Å². The standard InChI is InChI=1S/C18H19NO3/c1-19(17(13-21-2)18(20)22-3)16-11-7-10-15(12-16)14-8-5-4-6-9-14/h4-13H,1-3H3/b17-13-. The Hall–Kier alpha value is -2.75. The van der Waals surface area contributed by atoms with Crippen LogP contribution in [0.1, 0.15) is 0 Å². The van der Waals surface area contributed by atoms with Crippen molar-refractivity contribution in [2.45, 2.75) is 0 Å². The van der Waals surface area contributed by atoms with Gasteiger partial charge in [-0.05, 0) is 23.3 Å². The highest BCUT2D eigenvalue weighted by atomic mass is 16.5. The number of methoxy groups -OCH3 is 2. The Morgan fingerprint density at radius 2 is 1.68 bits per heavy atom. The number of carbonyl (C=O) groups excluding carboxylic acids is 1. The van der Waals surface area contributed by atoms with Crippen LogP contribution in [-0.2, 0) is 14.3 Å². The zero-order valence-corrected chi connectivity index (χ0v) is 12.9. The van der Waals surface area contributed by atoms with E-state index >= 15 is 0 Å². The Morgan fingerprint density at radius 3 is 2.32 bits per heavy atom. The maximum absolute atomic E-state index is 11.9. The van der Waals surface area contributed by atoms with E-state index in [0.717, 1.165) is 16.8 Å². The summed E-state index contributed by atoms with van der Waals surface area (Å²) in [6.45, 7) is 0. The van der Waals surface area contributed by atoms with Gasteiger partial charge in [-0.25, -0.2) is 4.79 Å². The summed E-state index contributed by atoms with van der Waals surface area (Å²) in [5.41, 5.74) is 3.39. The van der Waals surface area contributed by atoms with Crippen molar-refractivity contribution in [1.82, 2.24) is 0 Å². The largest absolute Gasteiger partial charge is 0.502 e. The minimum Gasteiger partial charge on any atom is -0.502 e. The molecule has 0 aliphatic carbocycles. The van der Waals surface area contributed by atoms with Crippen LogP contribution in [-0.4, -0.2) is 27.2 Å². The van der Waals surface area contributed by atoms with Crippen LogP contribution in [0.25, 0.3) is 11.1 Å². The summed E-state index contributed by atoms with van der Waals surface area (Å²) < 4.78 is 9.77. The minimum absolute atomic E-state index is 0.329. The fourth-order valence-corrected chi connectivity index (χ4v) is 2.14. The summed E-state index contributed by atoms with van der Waals surface area (Å²) in [5, 5.41) is 0. The van der Waals surface area contributed by atoms with Gasteiger partial charge in [0.25, 0.3) is 0 Å². The SMILES string of the molecule is CO/C=C(/C(=O)OC)N(C)c1cccc(-c2ccccc2)c1. The van der Waals surface area contributed by atoms with E-state index in [1.807, 2.05) is 54.6 Å². The van der Waals surface area contributed by atoms with Gasteiger partial charge >= 0.3 is 5.97 Å². The van der Waals surface area contributed by atoms with Gasteiger partial charge in [-0.2, -0.15) is 0 Å². The molecule has 0 fully saturated rings. The summed E-state index contributed by atoms with van der Waals surface area (Å²) in [5.74, 6) is -0.450. The molecular formula is C18H19NO3. The van der Waals surface area contributed by atoms with E-state index < -0.39 is 5.97 Å². The van der Waals surface area contributed by atoms with E-state index in [-0.39, 0.29) is 0 Å². The van der Waals surface area contributed by atoms with Gasteiger partial charge in [0, 0.05) is 12.7 Å². The van der Waals surface area contributed by atoms with Crippen molar-refractivity contribution in [2.75, 3.05) is 26.2 Å². The molecule has 0 aliphatic heterocycles. The summed E-state index contributed by atoms with van der Waals surface area (Å²) in [6, 6.07) is 18.0. The number of ether oxygens (including phenoxy) is 2. The quantitative estimate of drug-likeness (QED) is 0.481. The summed E-state index contributed by atoms with van der Waals surface area (Å²) >= 11 is 0. The molecule has 0 saturated carbocycles. The molecule has 0 unspecified atom stereocenters. The third-order valence-electron chi connectivity index (χ3n) is 3.33. The average molecular weight is 297 g/mol. The molecule has 2 rings (SSSR count). The molecule has 2 aromatic rings. The Bertz CT molecular complexity index is 665. The highest BCUT2D eigenvalue weighted by Gasteiger charge is 2.17. The molecule has 0 amide bonds. The van der Waals surface area contributed by atoms with Crippen molar-refractivity contribution in [1.29, 1.82) is 0 Å². The molecular weight excluding hydrogens is 278 g/mol. The summed E-state index contributed by atoms with van der Waals surface area (Å²) in [4.78, 5) is 13.6. The molecule has 0 saturated heterocycles. The van der Waals surface area contributed by atoms with Crippen LogP contribution >= 0.6 is 0 Å². The number of hydrogen-bond donors (Lipinski definition) is 0.